The zero-order chi connectivity index (χ0) is 75.6. The molecule has 0 fully saturated rings. The second-order valence-corrected chi connectivity index (χ2v) is 33.8. The highest BCUT2D eigenvalue weighted by Crippen LogP contribution is 2.45. The highest BCUT2D eigenvalue weighted by atomic mass is 31.2. The van der Waals surface area contributed by atoms with Crippen LogP contribution in [0.4, 0.5) is 0 Å². The summed E-state index contributed by atoms with van der Waals surface area (Å²) in [5.41, 5.74) is 0. The van der Waals surface area contributed by atoms with Crippen molar-refractivity contribution in [2.75, 3.05) is 39.6 Å². The van der Waals surface area contributed by atoms with Gasteiger partial charge in [0.2, 0.25) is 0 Å². The third-order valence-electron chi connectivity index (χ3n) is 20.1. The van der Waals surface area contributed by atoms with E-state index in [9.17, 15) is 43.2 Å². The molecule has 0 aliphatic rings. The lowest BCUT2D eigenvalue weighted by Crippen LogP contribution is -2.30. The lowest BCUT2D eigenvalue weighted by molar-refractivity contribution is -0.161. The molecule has 6 atom stereocenters. The SMILES string of the molecule is CCCCCCCCCCCCCCCCCCCCCCCCC(=O)O[C@H](COC(=O)CCCCCCCCCCCCCCCCCCCCC)COP(=O)(O)OC[C@@H](O)COP(=O)(O)OC[C@@H](COC(=O)CCCCCCCCCC(C)C)OC(=O)CCCCCCCCCCC(C)CC. The monoisotopic (exact) mass is 1510 g/mol. The summed E-state index contributed by atoms with van der Waals surface area (Å²) in [5.74, 6) is -0.635. The molecule has 3 N–H and O–H groups in total. The Kier molecular flexibility index (Phi) is 74.1. The zero-order valence-corrected chi connectivity index (χ0v) is 69.4. The van der Waals surface area contributed by atoms with E-state index in [1.54, 1.807) is 0 Å². The molecular weight excluding hydrogens is 1340 g/mol. The van der Waals surface area contributed by atoms with Crippen LogP contribution < -0.4 is 0 Å². The number of aliphatic hydroxyl groups excluding tert-OH is 1. The minimum atomic E-state index is -4.96. The number of ether oxygens (including phenoxy) is 4. The van der Waals surface area contributed by atoms with Gasteiger partial charge in [-0.05, 0) is 37.5 Å². The number of hydrogen-bond donors (Lipinski definition) is 3. The Balaban J connectivity index is 5.20. The second kappa shape index (κ2) is 75.5. The van der Waals surface area contributed by atoms with Crippen LogP contribution in [0, 0.1) is 11.8 Å². The number of rotatable bonds is 83. The summed E-state index contributed by atoms with van der Waals surface area (Å²) in [5, 5.41) is 10.7. The van der Waals surface area contributed by atoms with Gasteiger partial charge in [0.1, 0.15) is 19.3 Å². The van der Waals surface area contributed by atoms with Crippen LogP contribution in [-0.4, -0.2) is 96.7 Å². The highest BCUT2D eigenvalue weighted by Gasteiger charge is 2.30. The van der Waals surface area contributed by atoms with Crippen LogP contribution in [0.1, 0.15) is 446 Å². The van der Waals surface area contributed by atoms with Gasteiger partial charge in [-0.15, -0.1) is 0 Å². The van der Waals surface area contributed by atoms with E-state index in [2.05, 4.69) is 41.5 Å². The largest absolute Gasteiger partial charge is 0.472 e. The van der Waals surface area contributed by atoms with Gasteiger partial charge in [-0.25, -0.2) is 9.13 Å². The number of carbonyl (C=O) groups excluding carboxylic acids is 4. The van der Waals surface area contributed by atoms with Crippen LogP contribution in [0.3, 0.4) is 0 Å². The molecule has 0 aromatic rings. The van der Waals surface area contributed by atoms with Crippen molar-refractivity contribution in [1.82, 2.24) is 0 Å². The fourth-order valence-electron chi connectivity index (χ4n) is 13.0. The summed E-state index contributed by atoms with van der Waals surface area (Å²) in [6, 6.07) is 0. The third-order valence-corrected chi connectivity index (χ3v) is 22.0. The molecule has 0 rings (SSSR count). The maximum atomic E-state index is 13.1. The summed E-state index contributed by atoms with van der Waals surface area (Å²) in [4.78, 5) is 73.1. The van der Waals surface area contributed by atoms with Gasteiger partial charge in [0.05, 0.1) is 26.4 Å². The summed E-state index contributed by atoms with van der Waals surface area (Å²) >= 11 is 0. The smallest absolute Gasteiger partial charge is 0.462 e. The molecule has 0 aromatic carbocycles. The van der Waals surface area contributed by atoms with Gasteiger partial charge in [-0.2, -0.15) is 0 Å². The summed E-state index contributed by atoms with van der Waals surface area (Å²) in [6.07, 6.45) is 66.9. The van der Waals surface area contributed by atoms with Crippen LogP contribution in [0.2, 0.25) is 0 Å². The predicted molar refractivity (Wildman–Crippen MR) is 423 cm³/mol. The Morgan fingerprint density at radius 2 is 0.495 bits per heavy atom. The number of esters is 4. The maximum absolute atomic E-state index is 13.1. The first kappa shape index (κ1) is 101. The average molecular weight is 1510 g/mol. The number of phosphoric acid groups is 2. The lowest BCUT2D eigenvalue weighted by atomic mass is 9.99. The molecule has 612 valence electrons. The topological polar surface area (TPSA) is 237 Å². The fourth-order valence-corrected chi connectivity index (χ4v) is 14.6. The molecule has 0 aliphatic heterocycles. The van der Waals surface area contributed by atoms with Gasteiger partial charge in [0, 0.05) is 25.7 Å². The maximum Gasteiger partial charge on any atom is 0.472 e. The van der Waals surface area contributed by atoms with Gasteiger partial charge in [0.15, 0.2) is 12.2 Å². The molecule has 3 unspecified atom stereocenters. The Morgan fingerprint density at radius 3 is 0.738 bits per heavy atom. The quantitative estimate of drug-likeness (QED) is 0.0222. The number of hydrogen-bond acceptors (Lipinski definition) is 15. The molecule has 0 aliphatic carbocycles. The summed E-state index contributed by atoms with van der Waals surface area (Å²) < 4.78 is 68.8. The van der Waals surface area contributed by atoms with E-state index in [0.717, 1.165) is 102 Å². The molecule has 0 aromatic heterocycles. The number of phosphoric ester groups is 2. The van der Waals surface area contributed by atoms with Crippen molar-refractivity contribution in [1.29, 1.82) is 0 Å². The molecule has 0 bridgehead atoms. The molecular formula is C84H164O17P2. The lowest BCUT2D eigenvalue weighted by Gasteiger charge is -2.21. The molecule has 0 spiro atoms. The van der Waals surface area contributed by atoms with Crippen molar-refractivity contribution in [2.24, 2.45) is 11.8 Å². The zero-order valence-electron chi connectivity index (χ0n) is 67.6. The van der Waals surface area contributed by atoms with Gasteiger partial charge < -0.3 is 33.8 Å². The van der Waals surface area contributed by atoms with Crippen molar-refractivity contribution in [3.63, 3.8) is 0 Å². The van der Waals surface area contributed by atoms with E-state index in [0.29, 0.717) is 31.6 Å². The first-order valence-corrected chi connectivity index (χ1v) is 46.5. The molecule has 0 saturated carbocycles. The van der Waals surface area contributed by atoms with Gasteiger partial charge >= 0.3 is 39.5 Å². The van der Waals surface area contributed by atoms with Crippen molar-refractivity contribution in [3.8, 4) is 0 Å². The third kappa shape index (κ3) is 76.6. The van der Waals surface area contributed by atoms with Crippen LogP contribution in [0.25, 0.3) is 0 Å². The molecule has 0 heterocycles. The first-order valence-electron chi connectivity index (χ1n) is 43.5. The van der Waals surface area contributed by atoms with E-state index in [-0.39, 0.29) is 25.7 Å². The average Bonchev–Trinajstić information content (AvgIpc) is 0.942. The number of carbonyl (C=O) groups is 4. The Bertz CT molecular complexity index is 1980. The van der Waals surface area contributed by atoms with Gasteiger partial charge in [0.25, 0.3) is 0 Å². The van der Waals surface area contributed by atoms with E-state index in [4.69, 9.17) is 37.0 Å². The molecule has 19 heteroatoms. The van der Waals surface area contributed by atoms with E-state index in [1.807, 2.05) is 0 Å². The second-order valence-electron chi connectivity index (χ2n) is 30.9. The predicted octanol–water partition coefficient (Wildman–Crippen LogP) is 25.5. The van der Waals surface area contributed by atoms with E-state index < -0.39 is 97.5 Å². The van der Waals surface area contributed by atoms with E-state index in [1.165, 1.54) is 257 Å². The van der Waals surface area contributed by atoms with Gasteiger partial charge in [-0.3, -0.25) is 37.3 Å². The standard InChI is InChI=1S/C84H164O17P2/c1-7-10-12-14-16-18-20-22-24-26-28-29-30-32-34-36-38-40-42-49-56-62-68-83(88)100-79(72-94-81(86)66-60-54-48-41-39-37-35-33-31-27-25-23-21-19-17-15-13-11-8-2)74-98-102(90,91)96-70-78(85)71-97-103(92,93)99-75-80(73-95-82(87)67-61-55-51-45-46-52-58-64-76(4)5)101-84(89)69-63-57-50-44-43-47-53-59-65-77(6)9-3/h76-80,85H,7-75H2,1-6H3,(H,90,91)(H,92,93)/t77?,78-,79-,80-/m1/s1. The Hall–Kier alpha value is -1.94. The molecule has 0 radical (unpaired) electrons. The first-order chi connectivity index (χ1) is 49.9. The van der Waals surface area contributed by atoms with Crippen molar-refractivity contribution < 1.29 is 80.2 Å². The minimum Gasteiger partial charge on any atom is -0.462 e. The van der Waals surface area contributed by atoms with Crippen molar-refractivity contribution in [2.45, 2.75) is 464 Å². The summed E-state index contributed by atoms with van der Waals surface area (Å²) in [6.45, 7) is 9.58. The molecule has 17 nitrogen and oxygen atoms in total. The van der Waals surface area contributed by atoms with Crippen LogP contribution >= 0.6 is 15.6 Å². The minimum absolute atomic E-state index is 0.105. The van der Waals surface area contributed by atoms with Crippen LogP contribution in [0.5, 0.6) is 0 Å². The molecule has 103 heavy (non-hydrogen) atoms. The van der Waals surface area contributed by atoms with Crippen LogP contribution in [0.15, 0.2) is 0 Å². The summed E-state index contributed by atoms with van der Waals surface area (Å²) in [7, 11) is -9.92. The highest BCUT2D eigenvalue weighted by molar-refractivity contribution is 7.47. The van der Waals surface area contributed by atoms with Crippen molar-refractivity contribution >= 4 is 39.5 Å². The van der Waals surface area contributed by atoms with Crippen LogP contribution in [-0.2, 0) is 65.4 Å². The Labute approximate surface area is 632 Å². The van der Waals surface area contributed by atoms with E-state index >= 15 is 0 Å². The fraction of sp³-hybridized carbons (Fsp3) is 0.952. The molecule has 0 saturated heterocycles. The number of aliphatic hydroxyl groups is 1. The van der Waals surface area contributed by atoms with Gasteiger partial charge in [-0.1, -0.05) is 395 Å². The molecule has 0 amide bonds. The Morgan fingerprint density at radius 1 is 0.282 bits per heavy atom. The van der Waals surface area contributed by atoms with Crippen molar-refractivity contribution in [3.05, 3.63) is 0 Å². The number of unbranched alkanes of at least 4 members (excludes halogenated alkanes) is 52. The normalized spacial score (nSPS) is 14.1.